The molecule has 11 heteroatoms. The SMILES string of the molecule is CS(=O)(=O)N1CCN(C(=O)C[C@H]2NC(=O)N(CCc3cccc(F)c3)C2=O)CC1. The lowest BCUT2D eigenvalue weighted by Gasteiger charge is -2.33. The van der Waals surface area contributed by atoms with Crippen LogP contribution in [0.15, 0.2) is 24.3 Å². The maximum absolute atomic E-state index is 13.3. The highest BCUT2D eigenvalue weighted by atomic mass is 32.2. The van der Waals surface area contributed by atoms with E-state index in [4.69, 9.17) is 0 Å². The first kappa shape index (κ1) is 21.2. The van der Waals surface area contributed by atoms with Crippen molar-refractivity contribution in [1.82, 2.24) is 19.4 Å². The number of amides is 4. The van der Waals surface area contributed by atoms with Gasteiger partial charge in [0.1, 0.15) is 11.9 Å². The fourth-order valence-electron chi connectivity index (χ4n) is 3.43. The Bertz CT molecular complexity index is 915. The first-order valence-electron chi connectivity index (χ1n) is 9.24. The minimum Gasteiger partial charge on any atom is -0.340 e. The third-order valence-electron chi connectivity index (χ3n) is 5.06. The van der Waals surface area contributed by atoms with Crippen molar-refractivity contribution in [2.75, 3.05) is 39.0 Å². The van der Waals surface area contributed by atoms with Crippen molar-refractivity contribution in [1.29, 1.82) is 0 Å². The largest absolute Gasteiger partial charge is 0.340 e. The fraction of sp³-hybridized carbons (Fsp3) is 0.500. The van der Waals surface area contributed by atoms with Crippen molar-refractivity contribution in [3.05, 3.63) is 35.6 Å². The van der Waals surface area contributed by atoms with Crippen LogP contribution in [0.4, 0.5) is 9.18 Å². The van der Waals surface area contributed by atoms with Crippen LogP contribution >= 0.6 is 0 Å². The molecular weight excluding hydrogens is 403 g/mol. The topological polar surface area (TPSA) is 107 Å². The third-order valence-corrected chi connectivity index (χ3v) is 6.36. The number of carbonyl (C=O) groups excluding carboxylic acids is 3. The van der Waals surface area contributed by atoms with Gasteiger partial charge >= 0.3 is 6.03 Å². The molecule has 9 nitrogen and oxygen atoms in total. The van der Waals surface area contributed by atoms with Crippen LogP contribution in [0.2, 0.25) is 0 Å². The predicted octanol–water partition coefficient (Wildman–Crippen LogP) is -0.217. The van der Waals surface area contributed by atoms with Gasteiger partial charge in [-0.3, -0.25) is 14.5 Å². The molecule has 1 atom stereocenters. The monoisotopic (exact) mass is 426 g/mol. The van der Waals surface area contributed by atoms with E-state index in [-0.39, 0.29) is 50.9 Å². The number of piperazine rings is 1. The lowest BCUT2D eigenvalue weighted by molar-refractivity contribution is -0.136. The number of hydrogen-bond donors (Lipinski definition) is 1. The van der Waals surface area contributed by atoms with Gasteiger partial charge in [0.2, 0.25) is 15.9 Å². The van der Waals surface area contributed by atoms with Crippen molar-refractivity contribution in [2.45, 2.75) is 18.9 Å². The minimum absolute atomic E-state index is 0.0891. The summed E-state index contributed by atoms with van der Waals surface area (Å²) < 4.78 is 37.6. The second-order valence-corrected chi connectivity index (χ2v) is 9.10. The first-order chi connectivity index (χ1) is 13.6. The van der Waals surface area contributed by atoms with Crippen LogP contribution in [0.1, 0.15) is 12.0 Å². The fourth-order valence-corrected chi connectivity index (χ4v) is 4.26. The van der Waals surface area contributed by atoms with Gasteiger partial charge in [-0.1, -0.05) is 12.1 Å². The van der Waals surface area contributed by atoms with E-state index in [9.17, 15) is 27.2 Å². The standard InChI is InChI=1S/C18H23FN4O5S/c1-29(27,28)22-9-7-21(8-10-22)16(24)12-15-17(25)23(18(26)20-15)6-5-13-3-2-4-14(19)11-13/h2-4,11,15H,5-10,12H2,1H3,(H,20,26)/t15-/m1/s1. The molecule has 0 bridgehead atoms. The third kappa shape index (κ3) is 5.10. The molecule has 1 aromatic carbocycles. The summed E-state index contributed by atoms with van der Waals surface area (Å²) in [6, 6.07) is 4.39. The van der Waals surface area contributed by atoms with E-state index in [1.165, 1.54) is 21.3 Å². The summed E-state index contributed by atoms with van der Waals surface area (Å²) in [5, 5.41) is 2.51. The average Bonchev–Trinajstić information content (AvgIpc) is 2.92. The Morgan fingerprint density at radius 1 is 1.21 bits per heavy atom. The number of urea groups is 1. The van der Waals surface area contributed by atoms with Crippen molar-refractivity contribution in [3.63, 3.8) is 0 Å². The summed E-state index contributed by atoms with van der Waals surface area (Å²) in [7, 11) is -3.30. The van der Waals surface area contributed by atoms with E-state index in [1.807, 2.05) is 0 Å². The van der Waals surface area contributed by atoms with Gasteiger partial charge in [-0.05, 0) is 24.1 Å². The summed E-state index contributed by atoms with van der Waals surface area (Å²) >= 11 is 0. The highest BCUT2D eigenvalue weighted by Gasteiger charge is 2.39. The van der Waals surface area contributed by atoms with Crippen molar-refractivity contribution < 1.29 is 27.2 Å². The summed E-state index contributed by atoms with van der Waals surface area (Å²) in [6.07, 6.45) is 1.25. The van der Waals surface area contributed by atoms with E-state index >= 15 is 0 Å². The summed E-state index contributed by atoms with van der Waals surface area (Å²) in [5.41, 5.74) is 0.661. The van der Waals surface area contributed by atoms with Crippen molar-refractivity contribution in [3.8, 4) is 0 Å². The molecule has 2 aliphatic rings. The zero-order valence-electron chi connectivity index (χ0n) is 16.0. The van der Waals surface area contributed by atoms with Gasteiger partial charge in [-0.2, -0.15) is 4.31 Å². The number of benzene rings is 1. The lowest BCUT2D eigenvalue weighted by atomic mass is 10.1. The van der Waals surface area contributed by atoms with Crippen LogP contribution in [0.5, 0.6) is 0 Å². The van der Waals surface area contributed by atoms with Gasteiger partial charge in [-0.15, -0.1) is 0 Å². The highest BCUT2D eigenvalue weighted by Crippen LogP contribution is 2.14. The number of nitrogens with one attached hydrogen (secondary N) is 1. The number of sulfonamides is 1. The average molecular weight is 426 g/mol. The summed E-state index contributed by atoms with van der Waals surface area (Å²) in [6.45, 7) is 0.977. The quantitative estimate of drug-likeness (QED) is 0.633. The van der Waals surface area contributed by atoms with Gasteiger partial charge in [0, 0.05) is 32.7 Å². The van der Waals surface area contributed by atoms with E-state index < -0.39 is 28.0 Å². The van der Waals surface area contributed by atoms with Gasteiger partial charge < -0.3 is 10.2 Å². The molecule has 0 spiro atoms. The van der Waals surface area contributed by atoms with Gasteiger partial charge in [0.05, 0.1) is 12.7 Å². The van der Waals surface area contributed by atoms with Crippen LogP contribution in [0, 0.1) is 5.82 Å². The maximum atomic E-state index is 13.3. The Morgan fingerprint density at radius 2 is 1.90 bits per heavy atom. The van der Waals surface area contributed by atoms with Crippen molar-refractivity contribution >= 4 is 27.9 Å². The smallest absolute Gasteiger partial charge is 0.324 e. The second kappa shape index (κ2) is 8.46. The molecule has 2 fully saturated rings. The van der Waals surface area contributed by atoms with Crippen LogP contribution in [-0.2, 0) is 26.0 Å². The number of nitrogens with zero attached hydrogens (tertiary/aromatic N) is 3. The van der Waals surface area contributed by atoms with Crippen LogP contribution < -0.4 is 5.32 Å². The lowest BCUT2D eigenvalue weighted by Crippen LogP contribution is -2.51. The number of rotatable bonds is 6. The number of imide groups is 1. The molecule has 1 N–H and O–H groups in total. The Hall–Kier alpha value is -2.53. The molecular formula is C18H23FN4O5S. The molecule has 0 unspecified atom stereocenters. The molecule has 0 saturated carbocycles. The predicted molar refractivity (Wildman–Crippen MR) is 102 cm³/mol. The molecule has 0 aromatic heterocycles. The summed E-state index contributed by atoms with van der Waals surface area (Å²) in [4.78, 5) is 39.6. The maximum Gasteiger partial charge on any atom is 0.324 e. The molecule has 4 amide bonds. The van der Waals surface area contributed by atoms with E-state index in [0.717, 1.165) is 11.2 Å². The Balaban J connectivity index is 1.52. The van der Waals surface area contributed by atoms with E-state index in [1.54, 1.807) is 12.1 Å². The van der Waals surface area contributed by atoms with Crippen LogP contribution in [-0.4, -0.2) is 85.4 Å². The molecule has 3 rings (SSSR count). The molecule has 1 aromatic rings. The molecule has 2 saturated heterocycles. The van der Waals surface area contributed by atoms with Crippen molar-refractivity contribution in [2.24, 2.45) is 0 Å². The number of carbonyl (C=O) groups is 3. The number of halogens is 1. The molecule has 158 valence electrons. The molecule has 29 heavy (non-hydrogen) atoms. The van der Waals surface area contributed by atoms with Crippen LogP contribution in [0.3, 0.4) is 0 Å². The van der Waals surface area contributed by atoms with Crippen LogP contribution in [0.25, 0.3) is 0 Å². The van der Waals surface area contributed by atoms with Gasteiger partial charge in [0.15, 0.2) is 0 Å². The molecule has 2 aliphatic heterocycles. The van der Waals surface area contributed by atoms with Gasteiger partial charge in [-0.25, -0.2) is 17.6 Å². The molecule has 0 radical (unpaired) electrons. The normalized spacial score (nSPS) is 20.8. The Labute approximate surface area is 168 Å². The zero-order chi connectivity index (χ0) is 21.2. The zero-order valence-corrected chi connectivity index (χ0v) is 16.8. The Morgan fingerprint density at radius 3 is 2.52 bits per heavy atom. The second-order valence-electron chi connectivity index (χ2n) is 7.12. The van der Waals surface area contributed by atoms with E-state index in [0.29, 0.717) is 12.0 Å². The first-order valence-corrected chi connectivity index (χ1v) is 11.1. The summed E-state index contributed by atoms with van der Waals surface area (Å²) in [5.74, 6) is -1.20. The Kier molecular flexibility index (Phi) is 6.18. The van der Waals surface area contributed by atoms with E-state index in [2.05, 4.69) is 5.32 Å². The van der Waals surface area contributed by atoms with Gasteiger partial charge in [0.25, 0.3) is 5.91 Å². The molecule has 0 aliphatic carbocycles. The highest BCUT2D eigenvalue weighted by molar-refractivity contribution is 7.88. The number of hydrogen-bond acceptors (Lipinski definition) is 5. The minimum atomic E-state index is -3.30. The molecule has 2 heterocycles.